The van der Waals surface area contributed by atoms with Gasteiger partial charge in [-0.25, -0.2) is 23.4 Å². The third-order valence-corrected chi connectivity index (χ3v) is 7.30. The highest BCUT2D eigenvalue weighted by molar-refractivity contribution is 7.89. The summed E-state index contributed by atoms with van der Waals surface area (Å²) in [5.74, 6) is 0.669. The van der Waals surface area contributed by atoms with Crippen LogP contribution >= 0.6 is 0 Å². The average molecular weight is 441 g/mol. The number of hydrogen-bond acceptors (Lipinski definition) is 7. The van der Waals surface area contributed by atoms with Gasteiger partial charge in [0.05, 0.1) is 30.0 Å². The normalized spacial score (nSPS) is 17.5. The molecular formula is C22H24N4O4S. The standard InChI is InChI=1S/C22H24N4O4S/c1-15-10-22(16(2)9-20(15)29-3)31(27,28)26-7-8-30-21(13-26)19-6-4-5-18(25-19)17-11-23-14-24-12-17/h4-6,9-12,14,21H,7-8,13H2,1-3H3. The number of pyridine rings is 1. The van der Waals surface area contributed by atoms with Gasteiger partial charge in [0, 0.05) is 31.0 Å². The van der Waals surface area contributed by atoms with Crippen LogP contribution in [0.1, 0.15) is 22.9 Å². The second-order valence-corrected chi connectivity index (χ2v) is 9.29. The molecule has 9 heteroatoms. The number of morpholine rings is 1. The van der Waals surface area contributed by atoms with Crippen LogP contribution in [0.25, 0.3) is 11.3 Å². The van der Waals surface area contributed by atoms with E-state index >= 15 is 0 Å². The summed E-state index contributed by atoms with van der Waals surface area (Å²) in [5, 5.41) is 0. The van der Waals surface area contributed by atoms with E-state index in [9.17, 15) is 8.42 Å². The van der Waals surface area contributed by atoms with Crippen molar-refractivity contribution < 1.29 is 17.9 Å². The molecule has 1 fully saturated rings. The van der Waals surface area contributed by atoms with E-state index in [0.29, 0.717) is 29.3 Å². The van der Waals surface area contributed by atoms with Gasteiger partial charge in [-0.15, -0.1) is 0 Å². The molecule has 2 aromatic heterocycles. The van der Waals surface area contributed by atoms with Gasteiger partial charge in [0.25, 0.3) is 0 Å². The minimum absolute atomic E-state index is 0.189. The molecule has 162 valence electrons. The zero-order valence-electron chi connectivity index (χ0n) is 17.6. The fraction of sp³-hybridized carbons (Fsp3) is 0.318. The van der Waals surface area contributed by atoms with Gasteiger partial charge in [-0.2, -0.15) is 4.31 Å². The molecule has 0 N–H and O–H groups in total. The van der Waals surface area contributed by atoms with E-state index in [-0.39, 0.29) is 18.0 Å². The number of methoxy groups -OCH3 is 1. The Morgan fingerprint density at radius 2 is 1.90 bits per heavy atom. The van der Waals surface area contributed by atoms with Gasteiger partial charge in [0.1, 0.15) is 18.2 Å². The largest absolute Gasteiger partial charge is 0.496 e. The molecule has 1 atom stereocenters. The van der Waals surface area contributed by atoms with Crippen LogP contribution < -0.4 is 4.74 Å². The summed E-state index contributed by atoms with van der Waals surface area (Å²) in [4.78, 5) is 13.0. The molecule has 4 rings (SSSR count). The van der Waals surface area contributed by atoms with Crippen molar-refractivity contribution in [3.8, 4) is 17.0 Å². The number of aromatic nitrogens is 3. The molecule has 0 aliphatic carbocycles. The number of hydrogen-bond donors (Lipinski definition) is 0. The van der Waals surface area contributed by atoms with Crippen molar-refractivity contribution in [1.29, 1.82) is 0 Å². The van der Waals surface area contributed by atoms with Crippen molar-refractivity contribution in [2.24, 2.45) is 0 Å². The lowest BCUT2D eigenvalue weighted by Gasteiger charge is -2.32. The Balaban J connectivity index is 1.61. The Morgan fingerprint density at radius 1 is 1.13 bits per heavy atom. The van der Waals surface area contributed by atoms with E-state index in [1.165, 1.54) is 10.6 Å². The van der Waals surface area contributed by atoms with Gasteiger partial charge < -0.3 is 9.47 Å². The molecule has 1 aliphatic rings. The first-order chi connectivity index (χ1) is 14.9. The van der Waals surface area contributed by atoms with E-state index < -0.39 is 16.1 Å². The molecule has 1 saturated heterocycles. The maximum absolute atomic E-state index is 13.4. The molecule has 31 heavy (non-hydrogen) atoms. The van der Waals surface area contributed by atoms with Gasteiger partial charge >= 0.3 is 0 Å². The molecular weight excluding hydrogens is 416 g/mol. The molecule has 8 nitrogen and oxygen atoms in total. The first-order valence-corrected chi connectivity index (χ1v) is 11.3. The SMILES string of the molecule is COc1cc(C)c(S(=O)(=O)N2CCOC(c3cccc(-c4cncnc4)n3)C2)cc1C. The lowest BCUT2D eigenvalue weighted by atomic mass is 10.1. The van der Waals surface area contributed by atoms with Crippen molar-refractivity contribution in [1.82, 2.24) is 19.3 Å². The minimum atomic E-state index is -3.69. The number of ether oxygens (including phenoxy) is 2. The van der Waals surface area contributed by atoms with Crippen LogP contribution in [0, 0.1) is 13.8 Å². The molecule has 0 radical (unpaired) electrons. The molecule has 0 amide bonds. The Labute approximate surface area is 182 Å². The summed E-state index contributed by atoms with van der Waals surface area (Å²) in [6, 6.07) is 9.01. The van der Waals surface area contributed by atoms with Gasteiger partial charge in [-0.05, 0) is 49.2 Å². The highest BCUT2D eigenvalue weighted by Gasteiger charge is 2.33. The number of rotatable bonds is 5. The maximum Gasteiger partial charge on any atom is 0.243 e. The predicted molar refractivity (Wildman–Crippen MR) is 115 cm³/mol. The van der Waals surface area contributed by atoms with Crippen LogP contribution in [0.3, 0.4) is 0 Å². The Kier molecular flexibility index (Phi) is 5.99. The Bertz CT molecular complexity index is 1190. The van der Waals surface area contributed by atoms with Crippen LogP contribution in [0.15, 0.2) is 53.9 Å². The Hall–Kier alpha value is -2.88. The van der Waals surface area contributed by atoms with E-state index in [2.05, 4.69) is 15.0 Å². The van der Waals surface area contributed by atoms with Crippen LogP contribution in [0.4, 0.5) is 0 Å². The molecule has 3 aromatic rings. The summed E-state index contributed by atoms with van der Waals surface area (Å²) >= 11 is 0. The summed E-state index contributed by atoms with van der Waals surface area (Å²) < 4.78 is 39.5. The summed E-state index contributed by atoms with van der Waals surface area (Å²) in [5.41, 5.74) is 3.59. The van der Waals surface area contributed by atoms with E-state index in [1.54, 1.807) is 38.6 Å². The fourth-order valence-electron chi connectivity index (χ4n) is 3.65. The van der Waals surface area contributed by atoms with Gasteiger partial charge in [-0.3, -0.25) is 0 Å². The number of benzene rings is 1. The van der Waals surface area contributed by atoms with E-state index in [0.717, 1.165) is 11.1 Å². The van der Waals surface area contributed by atoms with Gasteiger partial charge in [0.15, 0.2) is 0 Å². The third kappa shape index (κ3) is 4.30. The zero-order chi connectivity index (χ0) is 22.0. The molecule has 0 spiro atoms. The molecule has 0 saturated carbocycles. The lowest BCUT2D eigenvalue weighted by molar-refractivity contribution is -0.00488. The fourth-order valence-corrected chi connectivity index (χ4v) is 5.36. The molecule has 0 bridgehead atoms. The quantitative estimate of drug-likeness (QED) is 0.602. The smallest absolute Gasteiger partial charge is 0.243 e. The van der Waals surface area contributed by atoms with Crippen LogP contribution in [0.2, 0.25) is 0 Å². The summed E-state index contributed by atoms with van der Waals surface area (Å²) in [6.45, 7) is 4.38. The monoisotopic (exact) mass is 440 g/mol. The maximum atomic E-state index is 13.4. The van der Waals surface area contributed by atoms with Crippen LogP contribution in [-0.4, -0.2) is 54.5 Å². The molecule has 3 heterocycles. The van der Waals surface area contributed by atoms with Gasteiger partial charge in [-0.1, -0.05) is 6.07 Å². The van der Waals surface area contributed by atoms with Crippen molar-refractivity contribution in [3.63, 3.8) is 0 Å². The zero-order valence-corrected chi connectivity index (χ0v) is 18.5. The molecule has 1 aromatic carbocycles. The lowest BCUT2D eigenvalue weighted by Crippen LogP contribution is -2.42. The number of aryl methyl sites for hydroxylation is 2. The molecule has 1 unspecified atom stereocenters. The van der Waals surface area contributed by atoms with Crippen molar-refractivity contribution in [3.05, 3.63) is 65.9 Å². The first-order valence-electron chi connectivity index (χ1n) is 9.89. The van der Waals surface area contributed by atoms with E-state index in [4.69, 9.17) is 9.47 Å². The predicted octanol–water partition coefficient (Wildman–Crippen LogP) is 2.93. The topological polar surface area (TPSA) is 94.5 Å². The summed E-state index contributed by atoms with van der Waals surface area (Å²) in [6.07, 6.45) is 4.37. The van der Waals surface area contributed by atoms with Crippen molar-refractivity contribution >= 4 is 10.0 Å². The first kappa shape index (κ1) is 21.4. The number of sulfonamides is 1. The van der Waals surface area contributed by atoms with Crippen LogP contribution in [0.5, 0.6) is 5.75 Å². The Morgan fingerprint density at radius 3 is 2.65 bits per heavy atom. The minimum Gasteiger partial charge on any atom is -0.496 e. The highest BCUT2D eigenvalue weighted by atomic mass is 32.2. The van der Waals surface area contributed by atoms with Gasteiger partial charge in [0.2, 0.25) is 10.0 Å². The third-order valence-electron chi connectivity index (χ3n) is 5.30. The second-order valence-electron chi connectivity index (χ2n) is 7.38. The number of nitrogens with zero attached hydrogens (tertiary/aromatic N) is 4. The van der Waals surface area contributed by atoms with Crippen molar-refractivity contribution in [2.45, 2.75) is 24.8 Å². The highest BCUT2D eigenvalue weighted by Crippen LogP contribution is 2.31. The van der Waals surface area contributed by atoms with Crippen LogP contribution in [-0.2, 0) is 14.8 Å². The average Bonchev–Trinajstić information content (AvgIpc) is 2.81. The second kappa shape index (κ2) is 8.70. The van der Waals surface area contributed by atoms with Crippen molar-refractivity contribution in [2.75, 3.05) is 26.8 Å². The van der Waals surface area contributed by atoms with E-state index in [1.807, 2.05) is 25.1 Å². The summed E-state index contributed by atoms with van der Waals surface area (Å²) in [7, 11) is -2.12. The molecule has 1 aliphatic heterocycles.